The molecule has 0 bridgehead atoms. The third-order valence-corrected chi connectivity index (χ3v) is 5.47. The fourth-order valence-corrected chi connectivity index (χ4v) is 4.00. The zero-order chi connectivity index (χ0) is 10.1. The summed E-state index contributed by atoms with van der Waals surface area (Å²) in [4.78, 5) is 0. The van der Waals surface area contributed by atoms with Gasteiger partial charge in [-0.2, -0.15) is 11.8 Å². The van der Waals surface area contributed by atoms with Crippen LogP contribution in [0.4, 0.5) is 0 Å². The predicted molar refractivity (Wildman–Crippen MR) is 64.8 cm³/mol. The molecule has 5 unspecified atom stereocenters. The average molecular weight is 213 g/mol. The molecule has 1 heterocycles. The molecule has 82 valence electrons. The van der Waals surface area contributed by atoms with E-state index in [1.165, 1.54) is 25.0 Å². The van der Waals surface area contributed by atoms with Gasteiger partial charge in [-0.05, 0) is 31.1 Å². The molecule has 1 saturated heterocycles. The second-order valence-corrected chi connectivity index (χ2v) is 6.73. The maximum atomic E-state index is 3.87. The van der Waals surface area contributed by atoms with E-state index in [0.29, 0.717) is 0 Å². The minimum absolute atomic E-state index is 0.799. The van der Waals surface area contributed by atoms with Gasteiger partial charge in [-0.1, -0.05) is 20.8 Å². The first-order valence-corrected chi connectivity index (χ1v) is 7.09. The van der Waals surface area contributed by atoms with Crippen LogP contribution in [0.5, 0.6) is 0 Å². The van der Waals surface area contributed by atoms with Gasteiger partial charge in [0, 0.05) is 23.1 Å². The molecule has 0 amide bonds. The van der Waals surface area contributed by atoms with E-state index < -0.39 is 0 Å². The molecule has 0 aromatic carbocycles. The molecule has 0 aromatic rings. The van der Waals surface area contributed by atoms with Crippen molar-refractivity contribution in [3.63, 3.8) is 0 Å². The summed E-state index contributed by atoms with van der Waals surface area (Å²) in [6.45, 7) is 7.17. The van der Waals surface area contributed by atoms with E-state index in [4.69, 9.17) is 0 Å². The van der Waals surface area contributed by atoms with Crippen molar-refractivity contribution in [3.05, 3.63) is 0 Å². The molecule has 1 saturated carbocycles. The molecule has 0 radical (unpaired) electrons. The van der Waals surface area contributed by atoms with Gasteiger partial charge in [0.05, 0.1) is 0 Å². The van der Waals surface area contributed by atoms with E-state index in [9.17, 15) is 0 Å². The van der Waals surface area contributed by atoms with Crippen LogP contribution in [0.2, 0.25) is 0 Å². The zero-order valence-electron chi connectivity index (χ0n) is 9.62. The number of nitrogens with one attached hydrogen (secondary N) is 1. The Balaban J connectivity index is 1.80. The summed E-state index contributed by atoms with van der Waals surface area (Å²) in [6.07, 6.45) is 4.20. The minimum atomic E-state index is 0.799. The lowest BCUT2D eigenvalue weighted by Gasteiger charge is -2.23. The van der Waals surface area contributed by atoms with Crippen molar-refractivity contribution in [2.75, 3.05) is 5.75 Å². The van der Waals surface area contributed by atoms with Crippen molar-refractivity contribution >= 4 is 11.8 Å². The second-order valence-electron chi connectivity index (χ2n) is 5.26. The molecule has 1 N–H and O–H groups in total. The standard InChI is InChI=1S/C12H23NS/c1-8-4-5-12(10(8)3)13-11-6-9(2)14-7-11/h8-13H,4-7H2,1-3H3. The molecule has 2 fully saturated rings. The molecular weight excluding hydrogens is 190 g/mol. The Morgan fingerprint density at radius 2 is 1.93 bits per heavy atom. The Morgan fingerprint density at radius 3 is 2.43 bits per heavy atom. The van der Waals surface area contributed by atoms with Gasteiger partial charge in [0.1, 0.15) is 0 Å². The lowest BCUT2D eigenvalue weighted by Crippen LogP contribution is -2.40. The molecule has 14 heavy (non-hydrogen) atoms. The third kappa shape index (κ3) is 2.27. The lowest BCUT2D eigenvalue weighted by molar-refractivity contribution is 0.343. The predicted octanol–water partition coefficient (Wildman–Crippen LogP) is 2.90. The minimum Gasteiger partial charge on any atom is -0.310 e. The van der Waals surface area contributed by atoms with Crippen LogP contribution in [0.3, 0.4) is 0 Å². The number of hydrogen-bond acceptors (Lipinski definition) is 2. The summed E-state index contributed by atoms with van der Waals surface area (Å²) < 4.78 is 0. The van der Waals surface area contributed by atoms with Crippen molar-refractivity contribution < 1.29 is 0 Å². The van der Waals surface area contributed by atoms with E-state index in [2.05, 4.69) is 37.8 Å². The summed E-state index contributed by atoms with van der Waals surface area (Å²) in [5.74, 6) is 3.15. The fourth-order valence-electron chi connectivity index (χ4n) is 2.84. The summed E-state index contributed by atoms with van der Waals surface area (Å²) in [5, 5.41) is 4.74. The van der Waals surface area contributed by atoms with E-state index in [1.807, 2.05) is 0 Å². The lowest BCUT2D eigenvalue weighted by atomic mass is 9.97. The topological polar surface area (TPSA) is 12.0 Å². The van der Waals surface area contributed by atoms with E-state index in [1.54, 1.807) is 0 Å². The monoisotopic (exact) mass is 213 g/mol. The van der Waals surface area contributed by atoms with Crippen LogP contribution >= 0.6 is 11.8 Å². The highest BCUT2D eigenvalue weighted by molar-refractivity contribution is 8.00. The van der Waals surface area contributed by atoms with Crippen LogP contribution < -0.4 is 5.32 Å². The van der Waals surface area contributed by atoms with E-state index >= 15 is 0 Å². The van der Waals surface area contributed by atoms with E-state index in [-0.39, 0.29) is 0 Å². The van der Waals surface area contributed by atoms with Crippen LogP contribution in [-0.4, -0.2) is 23.1 Å². The quantitative estimate of drug-likeness (QED) is 0.757. The van der Waals surface area contributed by atoms with Gasteiger partial charge in [0.2, 0.25) is 0 Å². The Bertz CT molecular complexity index is 195. The van der Waals surface area contributed by atoms with Crippen LogP contribution in [0.1, 0.15) is 40.0 Å². The normalized spacial score (nSPS) is 48.6. The third-order valence-electron chi connectivity index (χ3n) is 4.11. The maximum Gasteiger partial charge on any atom is 0.0171 e. The van der Waals surface area contributed by atoms with E-state index in [0.717, 1.165) is 29.2 Å². The first-order chi connectivity index (χ1) is 6.66. The van der Waals surface area contributed by atoms with Gasteiger partial charge in [0.15, 0.2) is 0 Å². The van der Waals surface area contributed by atoms with Crippen LogP contribution in [0.15, 0.2) is 0 Å². The van der Waals surface area contributed by atoms with Crippen molar-refractivity contribution in [1.29, 1.82) is 0 Å². The maximum absolute atomic E-state index is 3.87. The van der Waals surface area contributed by atoms with Gasteiger partial charge >= 0.3 is 0 Å². The molecule has 0 spiro atoms. The zero-order valence-corrected chi connectivity index (χ0v) is 10.4. The average Bonchev–Trinajstić information content (AvgIpc) is 2.67. The van der Waals surface area contributed by atoms with Crippen LogP contribution in [0, 0.1) is 11.8 Å². The Kier molecular flexibility index (Phi) is 3.43. The molecule has 0 aromatic heterocycles. The highest BCUT2D eigenvalue weighted by atomic mass is 32.2. The summed E-state index contributed by atoms with van der Waals surface area (Å²) in [5.41, 5.74) is 0. The summed E-state index contributed by atoms with van der Waals surface area (Å²) >= 11 is 2.13. The van der Waals surface area contributed by atoms with Gasteiger partial charge in [-0.25, -0.2) is 0 Å². The molecule has 2 aliphatic rings. The Hall–Kier alpha value is 0.310. The first kappa shape index (κ1) is 10.8. The van der Waals surface area contributed by atoms with Crippen LogP contribution in [-0.2, 0) is 0 Å². The fraction of sp³-hybridized carbons (Fsp3) is 1.00. The SMILES string of the molecule is CC1CC(NC2CCC(C)C2C)CS1. The van der Waals surface area contributed by atoms with Gasteiger partial charge in [0.25, 0.3) is 0 Å². The number of thioether (sulfide) groups is 1. The second kappa shape index (κ2) is 4.44. The molecule has 1 nitrogen and oxygen atoms in total. The molecule has 1 aliphatic heterocycles. The highest BCUT2D eigenvalue weighted by Gasteiger charge is 2.32. The van der Waals surface area contributed by atoms with Gasteiger partial charge < -0.3 is 5.32 Å². The largest absolute Gasteiger partial charge is 0.310 e. The number of hydrogen-bond donors (Lipinski definition) is 1. The molecule has 1 aliphatic carbocycles. The number of rotatable bonds is 2. The smallest absolute Gasteiger partial charge is 0.0171 e. The Labute approximate surface area is 92.4 Å². The summed E-state index contributed by atoms with van der Waals surface area (Å²) in [7, 11) is 0. The van der Waals surface area contributed by atoms with Gasteiger partial charge in [-0.15, -0.1) is 0 Å². The molecule has 2 rings (SSSR count). The van der Waals surface area contributed by atoms with Crippen molar-refractivity contribution in [1.82, 2.24) is 5.32 Å². The molecule has 2 heteroatoms. The van der Waals surface area contributed by atoms with Crippen LogP contribution in [0.25, 0.3) is 0 Å². The summed E-state index contributed by atoms with van der Waals surface area (Å²) in [6, 6.07) is 1.61. The van der Waals surface area contributed by atoms with Crippen molar-refractivity contribution in [2.24, 2.45) is 11.8 Å². The molecular formula is C12H23NS. The van der Waals surface area contributed by atoms with Crippen molar-refractivity contribution in [2.45, 2.75) is 57.4 Å². The van der Waals surface area contributed by atoms with Gasteiger partial charge in [-0.3, -0.25) is 0 Å². The highest BCUT2D eigenvalue weighted by Crippen LogP contribution is 2.33. The first-order valence-electron chi connectivity index (χ1n) is 6.04. The van der Waals surface area contributed by atoms with Crippen molar-refractivity contribution in [3.8, 4) is 0 Å². The molecule has 5 atom stereocenters. The Morgan fingerprint density at radius 1 is 1.14 bits per heavy atom.